The number of carbonyl (C=O) groups excluding carboxylic acids is 2. The highest BCUT2D eigenvalue weighted by atomic mass is 35.5. The standard InChI is InChI=1S/C16H22ClNO3/c1-16(2,3)21-14(19)10-7-11-18(4)15(20)12-8-5-6-9-13(12)17/h5-6,8-9H,7,10-11H2,1-4H3. The third-order valence-electron chi connectivity index (χ3n) is 2.75. The molecule has 21 heavy (non-hydrogen) atoms. The molecule has 1 amide bonds. The zero-order valence-electron chi connectivity index (χ0n) is 13.0. The molecule has 1 rings (SSSR count). The molecular formula is C16H22ClNO3. The first-order chi connectivity index (χ1) is 9.70. The van der Waals surface area contributed by atoms with E-state index in [4.69, 9.17) is 16.3 Å². The van der Waals surface area contributed by atoms with Crippen LogP contribution in [0.25, 0.3) is 0 Å². The number of hydrogen-bond acceptors (Lipinski definition) is 3. The zero-order valence-corrected chi connectivity index (χ0v) is 13.7. The Morgan fingerprint density at radius 2 is 1.86 bits per heavy atom. The molecule has 1 aromatic carbocycles. The second-order valence-electron chi connectivity index (χ2n) is 5.90. The van der Waals surface area contributed by atoms with Gasteiger partial charge in [0.15, 0.2) is 0 Å². The van der Waals surface area contributed by atoms with Crippen molar-refractivity contribution in [3.05, 3.63) is 34.9 Å². The van der Waals surface area contributed by atoms with Crippen LogP contribution in [0.5, 0.6) is 0 Å². The predicted octanol–water partition coefficient (Wildman–Crippen LogP) is 3.53. The van der Waals surface area contributed by atoms with E-state index >= 15 is 0 Å². The Bertz CT molecular complexity index is 508. The van der Waals surface area contributed by atoms with Gasteiger partial charge in [-0.05, 0) is 39.3 Å². The van der Waals surface area contributed by atoms with Crippen LogP contribution in [-0.4, -0.2) is 36.0 Å². The van der Waals surface area contributed by atoms with Crippen molar-refractivity contribution < 1.29 is 14.3 Å². The van der Waals surface area contributed by atoms with Crippen molar-refractivity contribution in [1.29, 1.82) is 0 Å². The lowest BCUT2D eigenvalue weighted by atomic mass is 10.2. The van der Waals surface area contributed by atoms with Gasteiger partial charge in [-0.2, -0.15) is 0 Å². The Hall–Kier alpha value is -1.55. The summed E-state index contributed by atoms with van der Waals surface area (Å²) >= 11 is 6.00. The highest BCUT2D eigenvalue weighted by Gasteiger charge is 2.17. The number of esters is 1. The van der Waals surface area contributed by atoms with E-state index in [1.54, 1.807) is 36.2 Å². The first-order valence-corrected chi connectivity index (χ1v) is 7.30. The van der Waals surface area contributed by atoms with Crippen LogP contribution < -0.4 is 0 Å². The number of hydrogen-bond donors (Lipinski definition) is 0. The van der Waals surface area contributed by atoms with Crippen molar-refractivity contribution in [2.75, 3.05) is 13.6 Å². The largest absolute Gasteiger partial charge is 0.460 e. The monoisotopic (exact) mass is 311 g/mol. The number of amides is 1. The number of halogens is 1. The fourth-order valence-electron chi connectivity index (χ4n) is 1.79. The topological polar surface area (TPSA) is 46.6 Å². The molecule has 0 saturated heterocycles. The molecule has 4 nitrogen and oxygen atoms in total. The van der Waals surface area contributed by atoms with E-state index in [2.05, 4.69) is 0 Å². The zero-order chi connectivity index (χ0) is 16.0. The molecule has 0 saturated carbocycles. The van der Waals surface area contributed by atoms with Gasteiger partial charge < -0.3 is 9.64 Å². The van der Waals surface area contributed by atoms with Crippen LogP contribution in [0.15, 0.2) is 24.3 Å². The average molecular weight is 312 g/mol. The molecule has 0 bridgehead atoms. The molecule has 0 spiro atoms. The molecular weight excluding hydrogens is 290 g/mol. The highest BCUT2D eigenvalue weighted by Crippen LogP contribution is 2.17. The van der Waals surface area contributed by atoms with Gasteiger partial charge in [-0.1, -0.05) is 23.7 Å². The summed E-state index contributed by atoms with van der Waals surface area (Å²) in [5, 5.41) is 0.432. The van der Waals surface area contributed by atoms with E-state index in [0.29, 0.717) is 23.6 Å². The number of nitrogens with zero attached hydrogens (tertiary/aromatic N) is 1. The summed E-state index contributed by atoms with van der Waals surface area (Å²) in [5.74, 6) is -0.397. The van der Waals surface area contributed by atoms with Gasteiger partial charge in [0.1, 0.15) is 5.60 Å². The molecule has 1 aromatic rings. The van der Waals surface area contributed by atoms with Gasteiger partial charge in [0.25, 0.3) is 5.91 Å². The third kappa shape index (κ3) is 6.17. The van der Waals surface area contributed by atoms with Gasteiger partial charge in [-0.15, -0.1) is 0 Å². The van der Waals surface area contributed by atoms with Crippen LogP contribution in [0.1, 0.15) is 44.0 Å². The number of rotatable bonds is 5. The lowest BCUT2D eigenvalue weighted by molar-refractivity contribution is -0.154. The van der Waals surface area contributed by atoms with Crippen LogP contribution in [0, 0.1) is 0 Å². The maximum atomic E-state index is 12.2. The van der Waals surface area contributed by atoms with E-state index < -0.39 is 5.60 Å². The van der Waals surface area contributed by atoms with Crippen LogP contribution in [-0.2, 0) is 9.53 Å². The van der Waals surface area contributed by atoms with Gasteiger partial charge in [-0.25, -0.2) is 0 Å². The van der Waals surface area contributed by atoms with Gasteiger partial charge >= 0.3 is 5.97 Å². The maximum absolute atomic E-state index is 12.2. The van der Waals surface area contributed by atoms with E-state index in [0.717, 1.165) is 0 Å². The molecule has 0 aliphatic heterocycles. The Morgan fingerprint density at radius 3 is 2.43 bits per heavy atom. The molecule has 0 aliphatic carbocycles. The minimum atomic E-state index is -0.476. The molecule has 0 N–H and O–H groups in total. The van der Waals surface area contributed by atoms with Gasteiger partial charge in [-0.3, -0.25) is 9.59 Å². The second-order valence-corrected chi connectivity index (χ2v) is 6.30. The smallest absolute Gasteiger partial charge is 0.306 e. The lowest BCUT2D eigenvalue weighted by Crippen LogP contribution is -2.29. The van der Waals surface area contributed by atoms with Crippen molar-refractivity contribution in [3.8, 4) is 0 Å². The summed E-state index contributed by atoms with van der Waals surface area (Å²) in [6.07, 6.45) is 0.846. The fourth-order valence-corrected chi connectivity index (χ4v) is 2.01. The summed E-state index contributed by atoms with van der Waals surface area (Å²) in [5.41, 5.74) is -0.00459. The molecule has 0 unspecified atom stereocenters. The van der Waals surface area contributed by atoms with Gasteiger partial charge in [0.05, 0.1) is 10.6 Å². The van der Waals surface area contributed by atoms with Crippen molar-refractivity contribution >= 4 is 23.5 Å². The van der Waals surface area contributed by atoms with E-state index in [9.17, 15) is 9.59 Å². The Morgan fingerprint density at radius 1 is 1.24 bits per heavy atom. The summed E-state index contributed by atoms with van der Waals surface area (Å²) in [6.45, 7) is 5.97. The summed E-state index contributed by atoms with van der Waals surface area (Å²) in [6, 6.07) is 6.92. The second kappa shape index (κ2) is 7.46. The molecule has 0 heterocycles. The first kappa shape index (κ1) is 17.5. The summed E-state index contributed by atoms with van der Waals surface area (Å²) < 4.78 is 5.22. The highest BCUT2D eigenvalue weighted by molar-refractivity contribution is 6.33. The minimum Gasteiger partial charge on any atom is -0.460 e. The third-order valence-corrected chi connectivity index (χ3v) is 3.07. The molecule has 5 heteroatoms. The number of benzene rings is 1. The first-order valence-electron chi connectivity index (χ1n) is 6.92. The van der Waals surface area contributed by atoms with Crippen LogP contribution in [0.4, 0.5) is 0 Å². The van der Waals surface area contributed by atoms with Crippen molar-refractivity contribution in [2.24, 2.45) is 0 Å². The van der Waals surface area contributed by atoms with E-state index in [-0.39, 0.29) is 18.3 Å². The quantitative estimate of drug-likeness (QED) is 0.781. The molecule has 0 aromatic heterocycles. The minimum absolute atomic E-state index is 0.148. The van der Waals surface area contributed by atoms with Crippen molar-refractivity contribution in [1.82, 2.24) is 4.90 Å². The molecule has 0 atom stereocenters. The Balaban J connectivity index is 2.44. The van der Waals surface area contributed by atoms with Crippen molar-refractivity contribution in [3.63, 3.8) is 0 Å². The normalized spacial score (nSPS) is 11.1. The molecule has 116 valence electrons. The fraction of sp³-hybridized carbons (Fsp3) is 0.500. The van der Waals surface area contributed by atoms with E-state index in [1.165, 1.54) is 0 Å². The van der Waals surface area contributed by atoms with E-state index in [1.807, 2.05) is 20.8 Å². The lowest BCUT2D eigenvalue weighted by Gasteiger charge is -2.20. The van der Waals surface area contributed by atoms with Crippen LogP contribution in [0.2, 0.25) is 5.02 Å². The van der Waals surface area contributed by atoms with Crippen LogP contribution >= 0.6 is 11.6 Å². The predicted molar refractivity (Wildman–Crippen MR) is 83.5 cm³/mol. The SMILES string of the molecule is CN(CCCC(=O)OC(C)(C)C)C(=O)c1ccccc1Cl. The molecule has 0 aliphatic rings. The Kier molecular flexibility index (Phi) is 6.21. The Labute approximate surface area is 131 Å². The molecule has 0 radical (unpaired) electrons. The van der Waals surface area contributed by atoms with Gasteiger partial charge in [0, 0.05) is 20.0 Å². The van der Waals surface area contributed by atoms with Gasteiger partial charge in [0.2, 0.25) is 0 Å². The number of ether oxygens (including phenoxy) is 1. The summed E-state index contributed by atoms with van der Waals surface area (Å²) in [7, 11) is 1.70. The van der Waals surface area contributed by atoms with Crippen molar-refractivity contribution in [2.45, 2.75) is 39.2 Å². The maximum Gasteiger partial charge on any atom is 0.306 e. The summed E-state index contributed by atoms with van der Waals surface area (Å²) in [4.78, 5) is 25.3. The molecule has 0 fully saturated rings. The number of carbonyl (C=O) groups is 2. The average Bonchev–Trinajstić information content (AvgIpc) is 2.36. The van der Waals surface area contributed by atoms with Crippen LogP contribution in [0.3, 0.4) is 0 Å².